The summed E-state index contributed by atoms with van der Waals surface area (Å²) in [7, 11) is 0. The Morgan fingerprint density at radius 3 is 2.36 bits per heavy atom. The van der Waals surface area contributed by atoms with Gasteiger partial charge in [0.25, 0.3) is 5.91 Å². The van der Waals surface area contributed by atoms with E-state index in [-0.39, 0.29) is 36.2 Å². The molecule has 9 heteroatoms. The van der Waals surface area contributed by atoms with E-state index >= 15 is 0 Å². The molecule has 4 aromatic rings. The highest BCUT2D eigenvalue weighted by Crippen LogP contribution is 2.32. The first-order chi connectivity index (χ1) is 18.8. The number of carbonyl (C=O) groups excluding carboxylic acids is 1. The minimum atomic E-state index is -0.706. The number of hydrogen-bond donors (Lipinski definition) is 1. The van der Waals surface area contributed by atoms with Crippen LogP contribution >= 0.6 is 11.6 Å². The zero-order chi connectivity index (χ0) is 27.9. The fraction of sp³-hybridized carbons (Fsp3) is 0.300. The van der Waals surface area contributed by atoms with Gasteiger partial charge in [-0.2, -0.15) is 5.10 Å². The van der Waals surface area contributed by atoms with Crippen LogP contribution in [0.1, 0.15) is 48.1 Å². The monoisotopic (exact) mass is 551 g/mol. The summed E-state index contributed by atoms with van der Waals surface area (Å²) in [5.41, 5.74) is 7.54. The molecule has 0 radical (unpaired) electrons. The lowest BCUT2D eigenvalue weighted by molar-refractivity contribution is 0.0594. The Morgan fingerprint density at radius 2 is 1.72 bits per heavy atom. The van der Waals surface area contributed by atoms with Crippen molar-refractivity contribution >= 4 is 17.5 Å². The highest BCUT2D eigenvalue weighted by Gasteiger charge is 2.34. The molecule has 1 amide bonds. The average molecular weight is 552 g/mol. The minimum Gasteiger partial charge on any atom is -0.328 e. The number of hydrogen-bond acceptors (Lipinski definition) is 4. The first-order valence-electron chi connectivity index (χ1n) is 12.9. The second-order valence-corrected chi connectivity index (χ2v) is 10.3. The smallest absolute Gasteiger partial charge is 0.254 e. The number of aromatic nitrogens is 3. The molecule has 204 valence electrons. The molecule has 3 aromatic carbocycles. The standard InChI is InChI=1S/C30H32ClF2N5O/c1-20(2)27(37(16-15-24(34)18-32)30(39)22-11-7-4-8-12-22)29-35-28(25-17-23(31)13-14-26(25)33)36-38(29)19-21-9-5-3-6-10-21/h3-14,17,20,24,27H,15-16,18-19,34H2,1-2H3/t24?,27-/m1/s1. The van der Waals surface area contributed by atoms with E-state index in [1.165, 1.54) is 18.2 Å². The Hall–Kier alpha value is -3.62. The summed E-state index contributed by atoms with van der Waals surface area (Å²) in [6.07, 6.45) is 0.265. The Kier molecular flexibility index (Phi) is 9.43. The van der Waals surface area contributed by atoms with Crippen LogP contribution in [-0.2, 0) is 6.54 Å². The van der Waals surface area contributed by atoms with E-state index in [9.17, 15) is 13.6 Å². The second-order valence-electron chi connectivity index (χ2n) is 9.82. The zero-order valence-corrected chi connectivity index (χ0v) is 22.7. The van der Waals surface area contributed by atoms with Gasteiger partial charge < -0.3 is 10.6 Å². The normalized spacial score (nSPS) is 12.9. The SMILES string of the molecule is CC(C)[C@H](c1nc(-c2cc(Cl)ccc2F)nn1Cc1ccccc1)N(CCC(N)CF)C(=O)c1ccccc1. The van der Waals surface area contributed by atoms with Gasteiger partial charge in [0.05, 0.1) is 18.2 Å². The molecule has 39 heavy (non-hydrogen) atoms. The number of benzene rings is 3. The number of amides is 1. The Balaban J connectivity index is 1.85. The van der Waals surface area contributed by atoms with Gasteiger partial charge in [0.15, 0.2) is 11.6 Å². The summed E-state index contributed by atoms with van der Waals surface area (Å²) < 4.78 is 29.9. The van der Waals surface area contributed by atoms with Crippen LogP contribution in [0.5, 0.6) is 0 Å². The molecule has 0 aliphatic heterocycles. The van der Waals surface area contributed by atoms with Crippen LogP contribution in [0.2, 0.25) is 5.02 Å². The summed E-state index contributed by atoms with van der Waals surface area (Å²) in [5.74, 6) is -0.198. The molecule has 0 aliphatic carbocycles. The van der Waals surface area contributed by atoms with Gasteiger partial charge in [-0.3, -0.25) is 4.79 Å². The first kappa shape index (κ1) is 28.4. The van der Waals surface area contributed by atoms with Crippen LogP contribution in [0, 0.1) is 11.7 Å². The fourth-order valence-electron chi connectivity index (χ4n) is 4.52. The molecule has 1 unspecified atom stereocenters. The fourth-order valence-corrected chi connectivity index (χ4v) is 4.69. The van der Waals surface area contributed by atoms with Gasteiger partial charge in [-0.25, -0.2) is 18.4 Å². The molecule has 0 spiro atoms. The Morgan fingerprint density at radius 1 is 1.05 bits per heavy atom. The predicted octanol–water partition coefficient (Wildman–Crippen LogP) is 6.31. The highest BCUT2D eigenvalue weighted by molar-refractivity contribution is 6.30. The number of carbonyl (C=O) groups is 1. The lowest BCUT2D eigenvalue weighted by Crippen LogP contribution is -2.41. The number of alkyl halides is 1. The topological polar surface area (TPSA) is 77.0 Å². The van der Waals surface area contributed by atoms with E-state index in [1.54, 1.807) is 33.8 Å². The zero-order valence-electron chi connectivity index (χ0n) is 22.0. The molecular formula is C30H32ClF2N5O. The van der Waals surface area contributed by atoms with Gasteiger partial charge in [0, 0.05) is 23.2 Å². The number of nitrogens with two attached hydrogens (primary N) is 1. The number of halogens is 3. The third-order valence-corrected chi connectivity index (χ3v) is 6.73. The maximum absolute atomic E-state index is 14.9. The van der Waals surface area contributed by atoms with Gasteiger partial charge in [0.1, 0.15) is 12.5 Å². The van der Waals surface area contributed by atoms with Crippen LogP contribution in [0.3, 0.4) is 0 Å². The number of nitrogens with zero attached hydrogens (tertiary/aromatic N) is 4. The van der Waals surface area contributed by atoms with Crippen LogP contribution in [-0.4, -0.2) is 44.8 Å². The maximum Gasteiger partial charge on any atom is 0.254 e. The van der Waals surface area contributed by atoms with Crippen molar-refractivity contribution in [2.24, 2.45) is 11.7 Å². The largest absolute Gasteiger partial charge is 0.328 e. The van der Waals surface area contributed by atoms with Crippen molar-refractivity contribution in [2.75, 3.05) is 13.2 Å². The Bertz CT molecular complexity index is 1380. The van der Waals surface area contributed by atoms with E-state index < -0.39 is 24.6 Å². The lowest BCUT2D eigenvalue weighted by atomic mass is 9.99. The summed E-state index contributed by atoms with van der Waals surface area (Å²) in [6.45, 7) is 3.83. The Labute approximate surface area is 232 Å². The summed E-state index contributed by atoms with van der Waals surface area (Å²) in [4.78, 5) is 20.3. The van der Waals surface area contributed by atoms with E-state index in [0.29, 0.717) is 23.0 Å². The lowest BCUT2D eigenvalue weighted by Gasteiger charge is -2.34. The van der Waals surface area contributed by atoms with Crippen molar-refractivity contribution in [3.05, 3.63) is 107 Å². The molecule has 0 fully saturated rings. The van der Waals surface area contributed by atoms with Crippen molar-refractivity contribution < 1.29 is 13.6 Å². The molecule has 4 rings (SSSR count). The van der Waals surface area contributed by atoms with Crippen molar-refractivity contribution in [1.82, 2.24) is 19.7 Å². The maximum atomic E-state index is 14.9. The molecule has 1 aromatic heterocycles. The van der Waals surface area contributed by atoms with E-state index in [4.69, 9.17) is 27.4 Å². The van der Waals surface area contributed by atoms with E-state index in [1.807, 2.05) is 50.2 Å². The van der Waals surface area contributed by atoms with E-state index in [0.717, 1.165) is 5.56 Å². The molecule has 6 nitrogen and oxygen atoms in total. The summed E-state index contributed by atoms with van der Waals surface area (Å²) in [5, 5.41) is 5.05. The van der Waals surface area contributed by atoms with Crippen LogP contribution in [0.15, 0.2) is 78.9 Å². The third-order valence-electron chi connectivity index (χ3n) is 6.50. The van der Waals surface area contributed by atoms with Gasteiger partial charge >= 0.3 is 0 Å². The van der Waals surface area contributed by atoms with E-state index in [2.05, 4.69) is 0 Å². The number of rotatable bonds is 11. The van der Waals surface area contributed by atoms with Crippen LogP contribution < -0.4 is 5.73 Å². The van der Waals surface area contributed by atoms with Gasteiger partial charge in [-0.1, -0.05) is 74.0 Å². The summed E-state index contributed by atoms with van der Waals surface area (Å²) in [6, 6.07) is 21.6. The average Bonchev–Trinajstić information content (AvgIpc) is 3.35. The molecule has 0 bridgehead atoms. The molecule has 2 N–H and O–H groups in total. The molecule has 0 saturated carbocycles. The van der Waals surface area contributed by atoms with Crippen molar-refractivity contribution in [3.63, 3.8) is 0 Å². The molecule has 1 heterocycles. The highest BCUT2D eigenvalue weighted by atomic mass is 35.5. The third kappa shape index (κ3) is 6.88. The predicted molar refractivity (Wildman–Crippen MR) is 150 cm³/mol. The summed E-state index contributed by atoms with van der Waals surface area (Å²) >= 11 is 6.18. The van der Waals surface area contributed by atoms with Gasteiger partial charge in [-0.15, -0.1) is 0 Å². The molecule has 0 saturated heterocycles. The van der Waals surface area contributed by atoms with Crippen LogP contribution in [0.4, 0.5) is 8.78 Å². The molecular weight excluding hydrogens is 520 g/mol. The molecule has 0 aliphatic rings. The first-order valence-corrected chi connectivity index (χ1v) is 13.3. The van der Waals surface area contributed by atoms with Gasteiger partial charge in [0.2, 0.25) is 0 Å². The second kappa shape index (κ2) is 13.0. The van der Waals surface area contributed by atoms with Crippen molar-refractivity contribution in [3.8, 4) is 11.4 Å². The van der Waals surface area contributed by atoms with Crippen molar-refractivity contribution in [2.45, 2.75) is 38.9 Å². The van der Waals surface area contributed by atoms with Gasteiger partial charge in [-0.05, 0) is 48.2 Å². The van der Waals surface area contributed by atoms with Crippen LogP contribution in [0.25, 0.3) is 11.4 Å². The van der Waals surface area contributed by atoms with Crippen molar-refractivity contribution in [1.29, 1.82) is 0 Å². The molecule has 2 atom stereocenters. The minimum absolute atomic E-state index is 0.116. The quantitative estimate of drug-likeness (QED) is 0.237.